The summed E-state index contributed by atoms with van der Waals surface area (Å²) in [5, 5.41) is 10.2. The minimum Gasteiger partial charge on any atom is -0.495 e. The Hall–Kier alpha value is -1.88. The molecule has 1 N–H and O–H groups in total. The average Bonchev–Trinajstić information content (AvgIpc) is 2.74. The highest BCUT2D eigenvalue weighted by Crippen LogP contribution is 2.27. The smallest absolute Gasteiger partial charge is 0.143 e. The van der Waals surface area contributed by atoms with Crippen LogP contribution in [0.1, 0.15) is 17.5 Å². The Labute approximate surface area is 93.3 Å². The lowest BCUT2D eigenvalue weighted by atomic mass is 10.1. The van der Waals surface area contributed by atoms with Gasteiger partial charge in [-0.1, -0.05) is 0 Å². The monoisotopic (exact) mass is 219 g/mol. The van der Waals surface area contributed by atoms with Gasteiger partial charge in [0.1, 0.15) is 17.7 Å². The molecule has 0 aromatic carbocycles. The van der Waals surface area contributed by atoms with E-state index < -0.39 is 6.10 Å². The highest BCUT2D eigenvalue weighted by atomic mass is 16.5. The molecule has 2 rings (SSSR count). The SMILES string of the molecule is COc1cnccc1C(O)c1nccn1C. The second-order valence-electron chi connectivity index (χ2n) is 3.42. The highest BCUT2D eigenvalue weighted by Gasteiger charge is 2.18. The lowest BCUT2D eigenvalue weighted by molar-refractivity contribution is 0.201. The number of aryl methyl sites for hydroxylation is 1. The third-order valence-corrected chi connectivity index (χ3v) is 2.43. The number of methoxy groups -OCH3 is 1. The minimum atomic E-state index is -0.807. The lowest BCUT2D eigenvalue weighted by Crippen LogP contribution is -2.08. The van der Waals surface area contributed by atoms with E-state index in [4.69, 9.17) is 4.74 Å². The van der Waals surface area contributed by atoms with E-state index in [0.717, 1.165) is 0 Å². The molecular formula is C11H13N3O2. The zero-order valence-corrected chi connectivity index (χ0v) is 9.16. The van der Waals surface area contributed by atoms with Gasteiger partial charge in [0.05, 0.1) is 13.3 Å². The van der Waals surface area contributed by atoms with Crippen LogP contribution in [0.5, 0.6) is 5.75 Å². The molecule has 84 valence electrons. The van der Waals surface area contributed by atoms with Gasteiger partial charge in [-0.3, -0.25) is 4.98 Å². The first-order chi connectivity index (χ1) is 7.74. The van der Waals surface area contributed by atoms with E-state index in [9.17, 15) is 5.11 Å². The molecule has 5 heteroatoms. The molecule has 2 heterocycles. The summed E-state index contributed by atoms with van der Waals surface area (Å²) in [6.45, 7) is 0. The molecule has 0 saturated heterocycles. The van der Waals surface area contributed by atoms with E-state index >= 15 is 0 Å². The number of imidazole rings is 1. The van der Waals surface area contributed by atoms with Gasteiger partial charge >= 0.3 is 0 Å². The van der Waals surface area contributed by atoms with Crippen LogP contribution < -0.4 is 4.74 Å². The van der Waals surface area contributed by atoms with Crippen molar-refractivity contribution in [3.05, 3.63) is 42.2 Å². The first-order valence-corrected chi connectivity index (χ1v) is 4.87. The third kappa shape index (κ3) is 1.77. The highest BCUT2D eigenvalue weighted by molar-refractivity contribution is 5.34. The van der Waals surface area contributed by atoms with Crippen LogP contribution in [0.15, 0.2) is 30.9 Å². The maximum Gasteiger partial charge on any atom is 0.143 e. The maximum atomic E-state index is 10.2. The third-order valence-electron chi connectivity index (χ3n) is 2.43. The van der Waals surface area contributed by atoms with Gasteiger partial charge in [-0.15, -0.1) is 0 Å². The number of pyridine rings is 1. The fraction of sp³-hybridized carbons (Fsp3) is 0.273. The van der Waals surface area contributed by atoms with E-state index in [0.29, 0.717) is 17.1 Å². The maximum absolute atomic E-state index is 10.2. The van der Waals surface area contributed by atoms with Gasteiger partial charge in [0.25, 0.3) is 0 Å². The molecular weight excluding hydrogens is 206 g/mol. The second-order valence-corrected chi connectivity index (χ2v) is 3.42. The van der Waals surface area contributed by atoms with Crippen LogP contribution in [0, 0.1) is 0 Å². The van der Waals surface area contributed by atoms with Gasteiger partial charge < -0.3 is 14.4 Å². The Kier molecular flexibility index (Phi) is 2.87. The summed E-state index contributed by atoms with van der Waals surface area (Å²) in [6, 6.07) is 1.72. The molecule has 0 bridgehead atoms. The molecule has 1 unspecified atom stereocenters. The summed E-state index contributed by atoms with van der Waals surface area (Å²) in [7, 11) is 3.38. The zero-order chi connectivity index (χ0) is 11.5. The number of nitrogens with zero attached hydrogens (tertiary/aromatic N) is 3. The van der Waals surface area contributed by atoms with Crippen LogP contribution >= 0.6 is 0 Å². The first kappa shape index (κ1) is 10.6. The molecule has 0 fully saturated rings. The van der Waals surface area contributed by atoms with Crippen LogP contribution in [-0.4, -0.2) is 26.8 Å². The number of ether oxygens (including phenoxy) is 1. The van der Waals surface area contributed by atoms with Crippen LogP contribution in [0.2, 0.25) is 0 Å². The molecule has 0 amide bonds. The Morgan fingerprint density at radius 1 is 1.44 bits per heavy atom. The standard InChI is InChI=1S/C11H13N3O2/c1-14-6-5-13-11(14)10(15)8-3-4-12-7-9(8)16-2/h3-7,10,15H,1-2H3. The quantitative estimate of drug-likeness (QED) is 0.833. The molecule has 0 radical (unpaired) electrons. The average molecular weight is 219 g/mol. The molecule has 0 aliphatic heterocycles. The fourth-order valence-corrected chi connectivity index (χ4v) is 1.57. The summed E-state index contributed by atoms with van der Waals surface area (Å²) in [6.07, 6.45) is 5.81. The number of hydrogen-bond acceptors (Lipinski definition) is 4. The van der Waals surface area contributed by atoms with Crippen molar-refractivity contribution in [3.8, 4) is 5.75 Å². The van der Waals surface area contributed by atoms with Crippen molar-refractivity contribution < 1.29 is 9.84 Å². The minimum absolute atomic E-state index is 0.554. The molecule has 16 heavy (non-hydrogen) atoms. The lowest BCUT2D eigenvalue weighted by Gasteiger charge is -2.13. The van der Waals surface area contributed by atoms with Crippen molar-refractivity contribution in [1.29, 1.82) is 0 Å². The van der Waals surface area contributed by atoms with E-state index in [2.05, 4.69) is 9.97 Å². The Morgan fingerprint density at radius 3 is 2.88 bits per heavy atom. The molecule has 0 saturated carbocycles. The normalized spacial score (nSPS) is 12.4. The molecule has 2 aromatic heterocycles. The molecule has 0 spiro atoms. The Balaban J connectivity index is 2.41. The predicted molar refractivity (Wildman–Crippen MR) is 58.1 cm³/mol. The van der Waals surface area contributed by atoms with Crippen LogP contribution in [0.3, 0.4) is 0 Å². The molecule has 5 nitrogen and oxygen atoms in total. The molecule has 1 atom stereocenters. The van der Waals surface area contributed by atoms with Gasteiger partial charge in [0.2, 0.25) is 0 Å². The molecule has 0 aliphatic carbocycles. The number of aliphatic hydroxyl groups excluding tert-OH is 1. The van der Waals surface area contributed by atoms with E-state index in [-0.39, 0.29) is 0 Å². The van der Waals surface area contributed by atoms with E-state index in [1.54, 1.807) is 42.5 Å². The van der Waals surface area contributed by atoms with Gasteiger partial charge in [0.15, 0.2) is 0 Å². The number of hydrogen-bond donors (Lipinski definition) is 1. The van der Waals surface area contributed by atoms with Crippen molar-refractivity contribution in [2.45, 2.75) is 6.10 Å². The topological polar surface area (TPSA) is 60.2 Å². The Bertz CT molecular complexity index is 482. The number of rotatable bonds is 3. The summed E-state index contributed by atoms with van der Waals surface area (Å²) in [5.74, 6) is 1.13. The van der Waals surface area contributed by atoms with E-state index in [1.807, 2.05) is 7.05 Å². The number of aromatic nitrogens is 3. The first-order valence-electron chi connectivity index (χ1n) is 4.87. The van der Waals surface area contributed by atoms with E-state index in [1.165, 1.54) is 0 Å². The predicted octanol–water partition coefficient (Wildman–Crippen LogP) is 0.905. The van der Waals surface area contributed by atoms with Gasteiger partial charge in [0, 0.05) is 31.2 Å². The van der Waals surface area contributed by atoms with Crippen molar-refractivity contribution in [2.75, 3.05) is 7.11 Å². The van der Waals surface area contributed by atoms with Gasteiger partial charge in [-0.2, -0.15) is 0 Å². The van der Waals surface area contributed by atoms with Crippen LogP contribution in [0.25, 0.3) is 0 Å². The Morgan fingerprint density at radius 2 is 2.25 bits per heavy atom. The number of aliphatic hydroxyl groups is 1. The second kappa shape index (κ2) is 4.32. The van der Waals surface area contributed by atoms with Crippen molar-refractivity contribution in [1.82, 2.24) is 14.5 Å². The largest absolute Gasteiger partial charge is 0.495 e. The van der Waals surface area contributed by atoms with Gasteiger partial charge in [-0.05, 0) is 6.07 Å². The summed E-state index contributed by atoms with van der Waals surface area (Å²) in [5.41, 5.74) is 0.659. The molecule has 2 aromatic rings. The van der Waals surface area contributed by atoms with Gasteiger partial charge in [-0.25, -0.2) is 4.98 Å². The summed E-state index contributed by atoms with van der Waals surface area (Å²) >= 11 is 0. The molecule has 0 aliphatic rings. The summed E-state index contributed by atoms with van der Waals surface area (Å²) < 4.78 is 6.91. The van der Waals surface area contributed by atoms with Crippen LogP contribution in [0.4, 0.5) is 0 Å². The van der Waals surface area contributed by atoms with Crippen molar-refractivity contribution >= 4 is 0 Å². The van der Waals surface area contributed by atoms with Crippen molar-refractivity contribution in [2.24, 2.45) is 7.05 Å². The summed E-state index contributed by atoms with van der Waals surface area (Å²) in [4.78, 5) is 8.04. The zero-order valence-electron chi connectivity index (χ0n) is 9.16. The fourth-order valence-electron chi connectivity index (χ4n) is 1.57. The van der Waals surface area contributed by atoms with Crippen molar-refractivity contribution in [3.63, 3.8) is 0 Å². The van der Waals surface area contributed by atoms with Crippen LogP contribution in [-0.2, 0) is 7.05 Å².